The summed E-state index contributed by atoms with van der Waals surface area (Å²) in [6.45, 7) is 4.99. The van der Waals surface area contributed by atoms with Crippen LogP contribution in [0.15, 0.2) is 0 Å². The van der Waals surface area contributed by atoms with Crippen molar-refractivity contribution in [3.63, 3.8) is 0 Å². The Morgan fingerprint density at radius 2 is 1.85 bits per heavy atom. The van der Waals surface area contributed by atoms with Gasteiger partial charge in [0.1, 0.15) is 0 Å². The summed E-state index contributed by atoms with van der Waals surface area (Å²) < 4.78 is 0. The zero-order valence-electron chi connectivity index (χ0n) is 8.51. The molecule has 0 spiro atoms. The molecule has 0 radical (unpaired) electrons. The molecule has 1 aliphatic carbocycles. The van der Waals surface area contributed by atoms with Crippen LogP contribution in [0.4, 0.5) is 0 Å². The van der Waals surface area contributed by atoms with Gasteiger partial charge in [0.2, 0.25) is 0 Å². The first-order valence-electron chi connectivity index (χ1n) is 5.65. The van der Waals surface area contributed by atoms with Crippen molar-refractivity contribution in [2.75, 3.05) is 13.1 Å². The molecule has 0 bridgehead atoms. The third-order valence-electron chi connectivity index (χ3n) is 3.74. The highest BCUT2D eigenvalue weighted by atomic mass is 79.9. The molecule has 76 valence electrons. The van der Waals surface area contributed by atoms with Gasteiger partial charge in [-0.3, -0.25) is 4.90 Å². The molecule has 1 aliphatic heterocycles. The van der Waals surface area contributed by atoms with Crippen LogP contribution in [0.25, 0.3) is 0 Å². The molecular formula is C11H20BrN. The van der Waals surface area contributed by atoms with Gasteiger partial charge in [0.25, 0.3) is 0 Å². The van der Waals surface area contributed by atoms with E-state index in [4.69, 9.17) is 0 Å². The molecule has 0 aromatic rings. The number of alkyl halides is 1. The van der Waals surface area contributed by atoms with Crippen LogP contribution in [0.2, 0.25) is 0 Å². The molecule has 0 N–H and O–H groups in total. The summed E-state index contributed by atoms with van der Waals surface area (Å²) in [5.74, 6) is 0.873. The number of rotatable bonds is 1. The predicted octanol–water partition coefficient (Wildman–Crippen LogP) is 3.03. The van der Waals surface area contributed by atoms with Gasteiger partial charge in [0.15, 0.2) is 0 Å². The molecule has 0 aromatic heterocycles. The Kier molecular flexibility index (Phi) is 3.31. The average molecular weight is 246 g/mol. The molecule has 13 heavy (non-hydrogen) atoms. The number of likely N-dealkylation sites (tertiary alicyclic amines) is 1. The van der Waals surface area contributed by atoms with Crippen molar-refractivity contribution in [1.82, 2.24) is 4.90 Å². The fourth-order valence-corrected chi connectivity index (χ4v) is 3.28. The molecule has 2 rings (SSSR count). The summed E-state index contributed by atoms with van der Waals surface area (Å²) in [5, 5.41) is 0. The summed E-state index contributed by atoms with van der Waals surface area (Å²) >= 11 is 3.80. The van der Waals surface area contributed by atoms with E-state index in [0.717, 1.165) is 16.8 Å². The van der Waals surface area contributed by atoms with Gasteiger partial charge >= 0.3 is 0 Å². The highest BCUT2D eigenvalue weighted by Crippen LogP contribution is 2.30. The minimum absolute atomic E-state index is 0.738. The Labute approximate surface area is 90.0 Å². The van der Waals surface area contributed by atoms with E-state index in [2.05, 4.69) is 27.8 Å². The fraction of sp³-hybridized carbons (Fsp3) is 1.00. The van der Waals surface area contributed by atoms with Crippen LogP contribution < -0.4 is 0 Å². The van der Waals surface area contributed by atoms with Crippen molar-refractivity contribution in [2.24, 2.45) is 5.92 Å². The minimum Gasteiger partial charge on any atom is -0.299 e. The third-order valence-corrected chi connectivity index (χ3v) is 4.93. The second kappa shape index (κ2) is 4.31. The van der Waals surface area contributed by atoms with Crippen LogP contribution in [0, 0.1) is 5.92 Å². The van der Waals surface area contributed by atoms with E-state index in [1.807, 2.05) is 0 Å². The van der Waals surface area contributed by atoms with Crippen molar-refractivity contribution in [3.8, 4) is 0 Å². The van der Waals surface area contributed by atoms with Crippen LogP contribution in [0.1, 0.15) is 39.0 Å². The molecule has 2 atom stereocenters. The molecule has 0 amide bonds. The van der Waals surface area contributed by atoms with Crippen molar-refractivity contribution in [1.29, 1.82) is 0 Å². The number of piperidine rings is 1. The predicted molar refractivity (Wildman–Crippen MR) is 60.3 cm³/mol. The van der Waals surface area contributed by atoms with Crippen LogP contribution >= 0.6 is 15.9 Å². The van der Waals surface area contributed by atoms with E-state index in [1.165, 1.54) is 45.2 Å². The molecule has 1 saturated carbocycles. The molecule has 1 nitrogen and oxygen atoms in total. The van der Waals surface area contributed by atoms with Crippen LogP contribution in [-0.4, -0.2) is 28.9 Å². The second-order valence-corrected chi connectivity index (χ2v) is 5.89. The van der Waals surface area contributed by atoms with E-state index < -0.39 is 0 Å². The second-order valence-electron chi connectivity index (χ2n) is 4.72. The third kappa shape index (κ3) is 2.27. The summed E-state index contributed by atoms with van der Waals surface area (Å²) in [6.07, 6.45) is 7.21. The largest absolute Gasteiger partial charge is 0.299 e. The first-order valence-corrected chi connectivity index (χ1v) is 6.57. The highest BCUT2D eigenvalue weighted by Gasteiger charge is 2.29. The summed E-state index contributed by atoms with van der Waals surface area (Å²) in [5.41, 5.74) is 0. The van der Waals surface area contributed by atoms with Crippen molar-refractivity contribution < 1.29 is 0 Å². The fourth-order valence-electron chi connectivity index (χ4n) is 2.65. The minimum atomic E-state index is 0.738. The van der Waals surface area contributed by atoms with Gasteiger partial charge in [0.05, 0.1) is 0 Å². The number of hydrogen-bond donors (Lipinski definition) is 0. The monoisotopic (exact) mass is 245 g/mol. The van der Waals surface area contributed by atoms with Gasteiger partial charge in [-0.25, -0.2) is 0 Å². The average Bonchev–Trinajstić information content (AvgIpc) is 2.62. The number of hydrogen-bond acceptors (Lipinski definition) is 1. The lowest BCUT2D eigenvalue weighted by Gasteiger charge is -2.38. The Morgan fingerprint density at radius 1 is 1.15 bits per heavy atom. The van der Waals surface area contributed by atoms with E-state index in [9.17, 15) is 0 Å². The Hall–Kier alpha value is 0.440. The maximum absolute atomic E-state index is 3.80. The van der Waals surface area contributed by atoms with Crippen molar-refractivity contribution in [2.45, 2.75) is 49.9 Å². The maximum Gasteiger partial charge on any atom is 0.0299 e. The van der Waals surface area contributed by atoms with Crippen molar-refractivity contribution >= 4 is 15.9 Å². The first-order chi connectivity index (χ1) is 6.27. The van der Waals surface area contributed by atoms with Crippen LogP contribution in [0.5, 0.6) is 0 Å². The normalized spacial score (nSPS) is 38.3. The SMILES string of the molecule is CC1CCN(C2CCCC2)CC1Br. The van der Waals surface area contributed by atoms with E-state index in [0.29, 0.717) is 0 Å². The summed E-state index contributed by atoms with van der Waals surface area (Å²) in [6, 6.07) is 0.924. The maximum atomic E-state index is 3.80. The Bertz CT molecular complexity index is 165. The summed E-state index contributed by atoms with van der Waals surface area (Å²) in [7, 11) is 0. The van der Waals surface area contributed by atoms with E-state index >= 15 is 0 Å². The Morgan fingerprint density at radius 3 is 2.46 bits per heavy atom. The zero-order valence-corrected chi connectivity index (χ0v) is 10.1. The van der Waals surface area contributed by atoms with Gasteiger partial charge in [-0.2, -0.15) is 0 Å². The van der Waals surface area contributed by atoms with Crippen LogP contribution in [0.3, 0.4) is 0 Å². The van der Waals surface area contributed by atoms with Gasteiger partial charge in [-0.05, 0) is 31.7 Å². The van der Waals surface area contributed by atoms with Gasteiger partial charge < -0.3 is 0 Å². The molecule has 0 aromatic carbocycles. The number of nitrogens with zero attached hydrogens (tertiary/aromatic N) is 1. The molecular weight excluding hydrogens is 226 g/mol. The van der Waals surface area contributed by atoms with Gasteiger partial charge in [-0.15, -0.1) is 0 Å². The lowest BCUT2D eigenvalue weighted by molar-refractivity contribution is 0.147. The van der Waals surface area contributed by atoms with E-state index in [1.54, 1.807) is 0 Å². The molecule has 2 heteroatoms. The molecule has 1 saturated heterocycles. The quantitative estimate of drug-likeness (QED) is 0.643. The molecule has 2 aliphatic rings. The Balaban J connectivity index is 1.87. The molecule has 1 heterocycles. The smallest absolute Gasteiger partial charge is 0.0299 e. The summed E-state index contributed by atoms with van der Waals surface area (Å²) in [4.78, 5) is 3.45. The lowest BCUT2D eigenvalue weighted by Crippen LogP contribution is -2.44. The van der Waals surface area contributed by atoms with Crippen molar-refractivity contribution in [3.05, 3.63) is 0 Å². The topological polar surface area (TPSA) is 3.24 Å². The van der Waals surface area contributed by atoms with Gasteiger partial charge in [0, 0.05) is 17.4 Å². The van der Waals surface area contributed by atoms with E-state index in [-0.39, 0.29) is 0 Å². The first kappa shape index (κ1) is 9.97. The molecule has 2 unspecified atom stereocenters. The lowest BCUT2D eigenvalue weighted by atomic mass is 9.97. The van der Waals surface area contributed by atoms with Crippen LogP contribution in [-0.2, 0) is 0 Å². The highest BCUT2D eigenvalue weighted by molar-refractivity contribution is 9.09. The zero-order chi connectivity index (χ0) is 9.26. The molecule has 2 fully saturated rings. The number of halogens is 1. The van der Waals surface area contributed by atoms with Gasteiger partial charge in [-0.1, -0.05) is 35.7 Å². The standard InChI is InChI=1S/C11H20BrN/c1-9-6-7-13(8-11(9)12)10-4-2-3-5-10/h9-11H,2-8H2,1H3.